The molecule has 2 nitrogen and oxygen atoms in total. The van der Waals surface area contributed by atoms with E-state index in [-0.39, 0.29) is 5.63 Å². The first-order chi connectivity index (χ1) is 7.70. The van der Waals surface area contributed by atoms with Gasteiger partial charge in [0, 0.05) is 16.3 Å². The lowest BCUT2D eigenvalue weighted by Gasteiger charge is -2.04. The summed E-state index contributed by atoms with van der Waals surface area (Å²) < 4.78 is 5.17. The van der Waals surface area contributed by atoms with Gasteiger partial charge in [-0.2, -0.15) is 0 Å². The molecule has 3 heteroatoms. The number of aryl methyl sites for hydroxylation is 1. The van der Waals surface area contributed by atoms with Crippen LogP contribution in [0.25, 0.3) is 11.0 Å². The third-order valence-corrected chi connectivity index (χ3v) is 3.58. The lowest BCUT2D eigenvalue weighted by molar-refractivity contribution is 0.557. The number of thioether (sulfide) groups is 1. The minimum absolute atomic E-state index is 0.269. The molecule has 0 fully saturated rings. The summed E-state index contributed by atoms with van der Waals surface area (Å²) in [6, 6.07) is 7.47. The first-order valence-electron chi connectivity index (χ1n) is 5.38. The maximum atomic E-state index is 11.4. The molecule has 84 valence electrons. The predicted octanol–water partition coefficient (Wildman–Crippen LogP) is 3.60. The van der Waals surface area contributed by atoms with Crippen LogP contribution < -0.4 is 5.63 Å². The molecule has 0 radical (unpaired) electrons. The molecule has 0 amide bonds. The highest BCUT2D eigenvalue weighted by Gasteiger charge is 2.05. The fraction of sp³-hybridized carbons (Fsp3) is 0.308. The molecule has 16 heavy (non-hydrogen) atoms. The van der Waals surface area contributed by atoms with E-state index < -0.39 is 0 Å². The molecule has 0 atom stereocenters. The molecule has 0 saturated heterocycles. The highest BCUT2D eigenvalue weighted by molar-refractivity contribution is 7.99. The molecule has 1 heterocycles. The van der Waals surface area contributed by atoms with Crippen molar-refractivity contribution >= 4 is 22.7 Å². The summed E-state index contributed by atoms with van der Waals surface area (Å²) in [5, 5.41) is 1.04. The Bertz CT molecular complexity index is 557. The standard InChI is InChI=1S/C13H14O2S/c1-3-6-16-12-8-13(14)15-11-5-4-9(2)7-10(11)12/h4-5,7-8H,3,6H2,1-2H3. The van der Waals surface area contributed by atoms with Gasteiger partial charge in [-0.1, -0.05) is 18.6 Å². The lowest BCUT2D eigenvalue weighted by Crippen LogP contribution is -1.97. The van der Waals surface area contributed by atoms with Crippen LogP contribution in [0.3, 0.4) is 0 Å². The molecule has 0 aliphatic rings. The van der Waals surface area contributed by atoms with Gasteiger partial charge >= 0.3 is 5.63 Å². The van der Waals surface area contributed by atoms with Gasteiger partial charge in [-0.3, -0.25) is 0 Å². The number of benzene rings is 1. The Hall–Kier alpha value is -1.22. The Kier molecular flexibility index (Phi) is 3.34. The second kappa shape index (κ2) is 4.74. The minimum atomic E-state index is -0.269. The van der Waals surface area contributed by atoms with Crippen LogP contribution in [0.15, 0.2) is 38.4 Å². The van der Waals surface area contributed by atoms with Crippen molar-refractivity contribution in [1.29, 1.82) is 0 Å². The molecule has 2 rings (SSSR count). The zero-order chi connectivity index (χ0) is 11.5. The average molecular weight is 234 g/mol. The highest BCUT2D eigenvalue weighted by Crippen LogP contribution is 2.27. The normalized spacial score (nSPS) is 10.9. The molecule has 1 aromatic carbocycles. The average Bonchev–Trinajstić information content (AvgIpc) is 2.26. The van der Waals surface area contributed by atoms with Crippen LogP contribution >= 0.6 is 11.8 Å². The molecule has 2 aromatic rings. The van der Waals surface area contributed by atoms with Gasteiger partial charge in [-0.25, -0.2) is 4.79 Å². The summed E-state index contributed by atoms with van der Waals surface area (Å²) in [5.41, 5.74) is 1.59. The van der Waals surface area contributed by atoms with E-state index in [1.54, 1.807) is 17.8 Å². The van der Waals surface area contributed by atoms with Crippen molar-refractivity contribution in [3.8, 4) is 0 Å². The summed E-state index contributed by atoms with van der Waals surface area (Å²) in [6.07, 6.45) is 1.10. The highest BCUT2D eigenvalue weighted by atomic mass is 32.2. The minimum Gasteiger partial charge on any atom is -0.423 e. The quantitative estimate of drug-likeness (QED) is 0.600. The molecule has 0 spiro atoms. The largest absolute Gasteiger partial charge is 0.423 e. The van der Waals surface area contributed by atoms with Crippen LogP contribution in [0, 0.1) is 6.92 Å². The molecule has 0 bridgehead atoms. The van der Waals surface area contributed by atoms with Crippen molar-refractivity contribution < 1.29 is 4.42 Å². The molecule has 1 aromatic heterocycles. The second-order valence-corrected chi connectivity index (χ2v) is 4.91. The zero-order valence-corrected chi connectivity index (χ0v) is 10.3. The molecule has 0 aliphatic carbocycles. The van der Waals surface area contributed by atoms with Gasteiger partial charge in [0.15, 0.2) is 0 Å². The summed E-state index contributed by atoms with van der Waals surface area (Å²) in [6.45, 7) is 4.17. The van der Waals surface area contributed by atoms with E-state index in [2.05, 4.69) is 13.0 Å². The molecule has 0 saturated carbocycles. The zero-order valence-electron chi connectivity index (χ0n) is 9.45. The van der Waals surface area contributed by atoms with Gasteiger partial charge in [0.2, 0.25) is 0 Å². The van der Waals surface area contributed by atoms with Gasteiger partial charge in [0.25, 0.3) is 0 Å². The van der Waals surface area contributed by atoms with Gasteiger partial charge in [0.1, 0.15) is 5.58 Å². The van der Waals surface area contributed by atoms with Crippen LogP contribution in [0.2, 0.25) is 0 Å². The van der Waals surface area contributed by atoms with E-state index in [0.29, 0.717) is 5.58 Å². The van der Waals surface area contributed by atoms with E-state index in [1.165, 1.54) is 5.56 Å². The number of hydrogen-bond donors (Lipinski definition) is 0. The summed E-state index contributed by atoms with van der Waals surface area (Å²) in [7, 11) is 0. The Labute approximate surface area is 98.7 Å². The van der Waals surface area contributed by atoms with Crippen LogP contribution in [0.5, 0.6) is 0 Å². The first kappa shape index (κ1) is 11.3. The van der Waals surface area contributed by atoms with Crippen LogP contribution in [0.4, 0.5) is 0 Å². The van der Waals surface area contributed by atoms with Crippen molar-refractivity contribution in [2.24, 2.45) is 0 Å². The molecule has 0 N–H and O–H groups in total. The summed E-state index contributed by atoms with van der Waals surface area (Å²) in [5.74, 6) is 1.02. The lowest BCUT2D eigenvalue weighted by atomic mass is 10.2. The Morgan fingerprint density at radius 3 is 2.88 bits per heavy atom. The van der Waals surface area contributed by atoms with Crippen molar-refractivity contribution in [3.63, 3.8) is 0 Å². The van der Waals surface area contributed by atoms with Crippen LogP contribution in [-0.4, -0.2) is 5.75 Å². The monoisotopic (exact) mass is 234 g/mol. The molecular weight excluding hydrogens is 220 g/mol. The van der Waals surface area contributed by atoms with E-state index in [0.717, 1.165) is 22.5 Å². The molecule has 0 unspecified atom stereocenters. The first-order valence-corrected chi connectivity index (χ1v) is 6.36. The maximum absolute atomic E-state index is 11.4. The van der Waals surface area contributed by atoms with Crippen LogP contribution in [0.1, 0.15) is 18.9 Å². The van der Waals surface area contributed by atoms with Crippen molar-refractivity contribution in [3.05, 3.63) is 40.2 Å². The van der Waals surface area contributed by atoms with E-state index in [4.69, 9.17) is 4.42 Å². The second-order valence-electron chi connectivity index (χ2n) is 3.78. The van der Waals surface area contributed by atoms with Crippen molar-refractivity contribution in [1.82, 2.24) is 0 Å². The van der Waals surface area contributed by atoms with E-state index in [9.17, 15) is 4.79 Å². The fourth-order valence-electron chi connectivity index (χ4n) is 1.58. The molecular formula is C13H14O2S. The van der Waals surface area contributed by atoms with Gasteiger partial charge in [0.05, 0.1) is 0 Å². The van der Waals surface area contributed by atoms with Crippen molar-refractivity contribution in [2.75, 3.05) is 5.75 Å². The number of rotatable bonds is 3. The Morgan fingerprint density at radius 2 is 2.12 bits per heavy atom. The number of fused-ring (bicyclic) bond motifs is 1. The maximum Gasteiger partial charge on any atom is 0.337 e. The fourth-order valence-corrected chi connectivity index (χ4v) is 2.50. The third kappa shape index (κ3) is 2.30. The van der Waals surface area contributed by atoms with Gasteiger partial charge in [-0.15, -0.1) is 11.8 Å². The smallest absolute Gasteiger partial charge is 0.337 e. The van der Waals surface area contributed by atoms with E-state index in [1.807, 2.05) is 19.1 Å². The van der Waals surface area contributed by atoms with E-state index >= 15 is 0 Å². The predicted molar refractivity (Wildman–Crippen MR) is 68.2 cm³/mol. The Morgan fingerprint density at radius 1 is 1.31 bits per heavy atom. The SMILES string of the molecule is CCCSc1cc(=O)oc2ccc(C)cc12. The summed E-state index contributed by atoms with van der Waals surface area (Å²) in [4.78, 5) is 12.4. The third-order valence-electron chi connectivity index (χ3n) is 2.32. The Balaban J connectivity index is 2.60. The summed E-state index contributed by atoms with van der Waals surface area (Å²) >= 11 is 1.71. The van der Waals surface area contributed by atoms with Crippen molar-refractivity contribution in [2.45, 2.75) is 25.2 Å². The number of hydrogen-bond acceptors (Lipinski definition) is 3. The van der Waals surface area contributed by atoms with Crippen LogP contribution in [-0.2, 0) is 0 Å². The molecule has 0 aliphatic heterocycles. The topological polar surface area (TPSA) is 30.2 Å². The van der Waals surface area contributed by atoms with Gasteiger partial charge < -0.3 is 4.42 Å². The van der Waals surface area contributed by atoms with Gasteiger partial charge in [-0.05, 0) is 31.2 Å².